The summed E-state index contributed by atoms with van der Waals surface area (Å²) in [6.07, 6.45) is 0. The van der Waals surface area contributed by atoms with E-state index < -0.39 is 0 Å². The van der Waals surface area contributed by atoms with Crippen molar-refractivity contribution < 1.29 is 9.53 Å². The highest BCUT2D eigenvalue weighted by Crippen LogP contribution is 2.11. The summed E-state index contributed by atoms with van der Waals surface area (Å²) in [6.45, 7) is 5.18. The van der Waals surface area contributed by atoms with Crippen LogP contribution in [0.4, 0.5) is 0 Å². The van der Waals surface area contributed by atoms with Gasteiger partial charge in [-0.05, 0) is 27.9 Å². The molecule has 0 aromatic heterocycles. The van der Waals surface area contributed by atoms with Crippen LogP contribution in [0, 0.1) is 0 Å². The Kier molecular flexibility index (Phi) is 7.09. The molecular formula is C9H19NO2S. The van der Waals surface area contributed by atoms with Gasteiger partial charge in [0, 0.05) is 12.3 Å². The molecule has 0 aliphatic rings. The van der Waals surface area contributed by atoms with Crippen LogP contribution in [0.2, 0.25) is 0 Å². The van der Waals surface area contributed by atoms with Crippen molar-refractivity contribution in [1.29, 1.82) is 0 Å². The van der Waals surface area contributed by atoms with E-state index in [1.165, 1.54) is 0 Å². The molecule has 0 N–H and O–H groups in total. The van der Waals surface area contributed by atoms with Crippen LogP contribution in [0.15, 0.2) is 0 Å². The Morgan fingerprint density at radius 3 is 2.62 bits per heavy atom. The van der Waals surface area contributed by atoms with Gasteiger partial charge in [-0.1, -0.05) is 0 Å². The van der Waals surface area contributed by atoms with Crippen molar-refractivity contribution in [3.8, 4) is 0 Å². The number of hydrogen-bond acceptors (Lipinski definition) is 4. The third-order valence-corrected chi connectivity index (χ3v) is 2.64. The summed E-state index contributed by atoms with van der Waals surface area (Å²) in [4.78, 5) is 13.3. The first-order valence-corrected chi connectivity index (χ1v) is 5.55. The molecule has 0 rings (SSSR count). The summed E-state index contributed by atoms with van der Waals surface area (Å²) in [5, 5.41) is -0.0418. The molecule has 0 bridgehead atoms. The van der Waals surface area contributed by atoms with Gasteiger partial charge in [0.15, 0.2) is 0 Å². The molecule has 4 heteroatoms. The van der Waals surface area contributed by atoms with Crippen LogP contribution in [-0.2, 0) is 9.53 Å². The van der Waals surface area contributed by atoms with Crippen LogP contribution in [0.25, 0.3) is 0 Å². The van der Waals surface area contributed by atoms with Gasteiger partial charge in [0.25, 0.3) is 0 Å². The van der Waals surface area contributed by atoms with Crippen molar-refractivity contribution in [3.63, 3.8) is 0 Å². The fourth-order valence-corrected chi connectivity index (χ4v) is 1.77. The molecule has 0 spiro atoms. The van der Waals surface area contributed by atoms with Crippen LogP contribution in [-0.4, -0.2) is 49.1 Å². The number of thioether (sulfide) groups is 1. The monoisotopic (exact) mass is 205 g/mol. The Bertz CT molecular complexity index is 151. The molecule has 0 radical (unpaired) electrons. The first kappa shape index (κ1) is 12.8. The van der Waals surface area contributed by atoms with Crippen LogP contribution in [0.3, 0.4) is 0 Å². The highest BCUT2D eigenvalue weighted by atomic mass is 32.2. The molecule has 0 heterocycles. The second kappa shape index (κ2) is 7.21. The van der Waals surface area contributed by atoms with E-state index in [0.29, 0.717) is 6.61 Å². The topological polar surface area (TPSA) is 29.5 Å². The number of carbonyl (C=O) groups excluding carboxylic acids is 1. The van der Waals surface area contributed by atoms with Crippen molar-refractivity contribution in [3.05, 3.63) is 0 Å². The molecule has 1 unspecified atom stereocenters. The zero-order chi connectivity index (χ0) is 10.3. The molecule has 0 saturated heterocycles. The number of rotatable bonds is 6. The van der Waals surface area contributed by atoms with E-state index in [4.69, 9.17) is 4.74 Å². The molecule has 3 nitrogen and oxygen atoms in total. The average molecular weight is 205 g/mol. The maximum absolute atomic E-state index is 11.2. The summed E-state index contributed by atoms with van der Waals surface area (Å²) < 4.78 is 4.89. The first-order valence-electron chi connectivity index (χ1n) is 4.51. The van der Waals surface area contributed by atoms with Gasteiger partial charge in [0.05, 0.1) is 11.9 Å². The fraction of sp³-hybridized carbons (Fsp3) is 0.889. The highest BCUT2D eigenvalue weighted by molar-refractivity contribution is 8.00. The third kappa shape index (κ3) is 6.90. The molecule has 0 saturated carbocycles. The Labute approximate surface area is 84.8 Å². The highest BCUT2D eigenvalue weighted by Gasteiger charge is 2.13. The average Bonchev–Trinajstić information content (AvgIpc) is 2.04. The van der Waals surface area contributed by atoms with Crippen molar-refractivity contribution in [2.75, 3.05) is 33.0 Å². The maximum Gasteiger partial charge on any atom is 0.318 e. The van der Waals surface area contributed by atoms with Crippen LogP contribution in [0.1, 0.15) is 13.8 Å². The summed E-state index contributed by atoms with van der Waals surface area (Å²) >= 11 is 1.64. The smallest absolute Gasteiger partial charge is 0.318 e. The minimum Gasteiger partial charge on any atom is -0.465 e. The number of nitrogens with zero attached hydrogens (tertiary/aromatic N) is 1. The third-order valence-electron chi connectivity index (χ3n) is 1.52. The lowest BCUT2D eigenvalue weighted by molar-refractivity contribution is -0.142. The van der Waals surface area contributed by atoms with Gasteiger partial charge < -0.3 is 9.64 Å². The lowest BCUT2D eigenvalue weighted by atomic mass is 10.5. The molecule has 0 aromatic carbocycles. The summed E-state index contributed by atoms with van der Waals surface area (Å²) in [5.74, 6) is 0.860. The quantitative estimate of drug-likeness (QED) is 0.610. The molecule has 1 atom stereocenters. The molecule has 0 aliphatic heterocycles. The number of hydrogen-bond donors (Lipinski definition) is 0. The van der Waals surface area contributed by atoms with Gasteiger partial charge in [-0.25, -0.2) is 0 Å². The zero-order valence-electron chi connectivity index (χ0n) is 8.87. The second-order valence-corrected chi connectivity index (χ2v) is 4.52. The summed E-state index contributed by atoms with van der Waals surface area (Å²) in [7, 11) is 4.05. The molecular weight excluding hydrogens is 186 g/mol. The minimum atomic E-state index is -0.105. The predicted octanol–water partition coefficient (Wildman–Crippen LogP) is 1.23. The standard InChI is InChI=1S/C9H19NO2S/c1-5-12-9(11)8(2)13-7-6-10(3)4/h8H,5-7H2,1-4H3. The number of esters is 1. The lowest BCUT2D eigenvalue weighted by Crippen LogP contribution is -2.20. The van der Waals surface area contributed by atoms with Crippen molar-refractivity contribution in [2.45, 2.75) is 19.1 Å². The van der Waals surface area contributed by atoms with E-state index in [1.807, 2.05) is 27.9 Å². The van der Waals surface area contributed by atoms with E-state index in [2.05, 4.69) is 4.90 Å². The van der Waals surface area contributed by atoms with E-state index in [9.17, 15) is 4.79 Å². The zero-order valence-corrected chi connectivity index (χ0v) is 9.69. The van der Waals surface area contributed by atoms with Gasteiger partial charge in [-0.15, -0.1) is 11.8 Å². The summed E-state index contributed by atoms with van der Waals surface area (Å²) in [6, 6.07) is 0. The van der Waals surface area contributed by atoms with Crippen molar-refractivity contribution >= 4 is 17.7 Å². The fourth-order valence-electron chi connectivity index (χ4n) is 0.740. The van der Waals surface area contributed by atoms with E-state index >= 15 is 0 Å². The molecule has 0 aromatic rings. The number of carbonyl (C=O) groups is 1. The van der Waals surface area contributed by atoms with Gasteiger partial charge in [-0.3, -0.25) is 4.79 Å². The van der Waals surface area contributed by atoms with Crippen LogP contribution >= 0.6 is 11.8 Å². The SMILES string of the molecule is CCOC(=O)C(C)SCCN(C)C. The minimum absolute atomic E-state index is 0.0418. The normalized spacial score (nSPS) is 13.0. The maximum atomic E-state index is 11.2. The Morgan fingerprint density at radius 1 is 1.54 bits per heavy atom. The molecule has 13 heavy (non-hydrogen) atoms. The largest absolute Gasteiger partial charge is 0.465 e. The molecule has 0 aliphatic carbocycles. The van der Waals surface area contributed by atoms with Gasteiger partial charge in [0.2, 0.25) is 0 Å². The Morgan fingerprint density at radius 2 is 2.15 bits per heavy atom. The first-order chi connectivity index (χ1) is 6.07. The van der Waals surface area contributed by atoms with Crippen molar-refractivity contribution in [1.82, 2.24) is 4.90 Å². The van der Waals surface area contributed by atoms with Gasteiger partial charge >= 0.3 is 5.97 Å². The Hall–Kier alpha value is -0.220. The molecule has 0 amide bonds. The van der Waals surface area contributed by atoms with Crippen LogP contribution < -0.4 is 0 Å². The van der Waals surface area contributed by atoms with Crippen molar-refractivity contribution in [2.24, 2.45) is 0 Å². The molecule has 78 valence electrons. The van der Waals surface area contributed by atoms with Gasteiger partial charge in [-0.2, -0.15) is 0 Å². The van der Waals surface area contributed by atoms with E-state index in [-0.39, 0.29) is 11.2 Å². The summed E-state index contributed by atoms with van der Waals surface area (Å²) in [5.41, 5.74) is 0. The lowest BCUT2D eigenvalue weighted by Gasteiger charge is -2.12. The van der Waals surface area contributed by atoms with E-state index in [0.717, 1.165) is 12.3 Å². The van der Waals surface area contributed by atoms with E-state index in [1.54, 1.807) is 11.8 Å². The Balaban J connectivity index is 3.49. The van der Waals surface area contributed by atoms with Gasteiger partial charge in [0.1, 0.15) is 0 Å². The molecule has 0 fully saturated rings. The predicted molar refractivity (Wildman–Crippen MR) is 57.1 cm³/mol. The van der Waals surface area contributed by atoms with Crippen LogP contribution in [0.5, 0.6) is 0 Å². The number of ether oxygens (including phenoxy) is 1. The second-order valence-electron chi connectivity index (χ2n) is 3.07.